The van der Waals surface area contributed by atoms with Crippen LogP contribution >= 0.6 is 0 Å². The van der Waals surface area contributed by atoms with Crippen LogP contribution in [0.5, 0.6) is 0 Å². The van der Waals surface area contributed by atoms with Crippen LogP contribution < -0.4 is 5.73 Å². The molecule has 2 saturated heterocycles. The Labute approximate surface area is 165 Å². The number of hydrogen-bond acceptors (Lipinski definition) is 4. The minimum atomic E-state index is -0.339. The van der Waals surface area contributed by atoms with Crippen molar-refractivity contribution in [2.75, 3.05) is 20.1 Å². The number of benzene rings is 1. The van der Waals surface area contributed by atoms with Gasteiger partial charge in [-0.2, -0.15) is 5.10 Å². The molecule has 0 aliphatic carbocycles. The highest BCUT2D eigenvalue weighted by molar-refractivity contribution is 5.95. The zero-order chi connectivity index (χ0) is 19.7. The average molecular weight is 381 g/mol. The number of nitrogens with two attached hydrogens (primary N) is 1. The van der Waals surface area contributed by atoms with Crippen LogP contribution in [0.2, 0.25) is 0 Å². The Balaban J connectivity index is 1.47. The molecular formula is C21H27N5O2. The second kappa shape index (κ2) is 7.75. The van der Waals surface area contributed by atoms with Crippen molar-refractivity contribution in [2.45, 2.75) is 44.3 Å². The quantitative estimate of drug-likeness (QED) is 0.855. The first kappa shape index (κ1) is 18.7. The van der Waals surface area contributed by atoms with Crippen molar-refractivity contribution in [1.82, 2.24) is 19.6 Å². The van der Waals surface area contributed by atoms with Gasteiger partial charge in [-0.3, -0.25) is 14.3 Å². The van der Waals surface area contributed by atoms with E-state index >= 15 is 0 Å². The average Bonchev–Trinajstić information content (AvgIpc) is 3.27. The molecule has 1 aromatic heterocycles. The number of rotatable bonds is 5. The molecule has 0 radical (unpaired) electrons. The topological polar surface area (TPSA) is 84.5 Å². The highest BCUT2D eigenvalue weighted by Gasteiger charge is 2.39. The maximum Gasteiger partial charge on any atom is 0.254 e. The highest BCUT2D eigenvalue weighted by atomic mass is 16.2. The van der Waals surface area contributed by atoms with Gasteiger partial charge >= 0.3 is 0 Å². The van der Waals surface area contributed by atoms with Crippen LogP contribution in [0.3, 0.4) is 0 Å². The molecule has 2 atom stereocenters. The Bertz CT molecular complexity index is 860. The van der Waals surface area contributed by atoms with Gasteiger partial charge in [-0.15, -0.1) is 0 Å². The van der Waals surface area contributed by atoms with E-state index in [1.54, 1.807) is 10.9 Å². The van der Waals surface area contributed by atoms with E-state index in [4.69, 9.17) is 5.73 Å². The Morgan fingerprint density at radius 3 is 2.61 bits per heavy atom. The smallest absolute Gasteiger partial charge is 0.254 e. The normalized spacial score (nSPS) is 22.2. The molecule has 7 heteroatoms. The lowest BCUT2D eigenvalue weighted by Crippen LogP contribution is -2.42. The summed E-state index contributed by atoms with van der Waals surface area (Å²) in [7, 11) is 2.14. The van der Waals surface area contributed by atoms with Gasteiger partial charge in [0, 0.05) is 48.9 Å². The van der Waals surface area contributed by atoms with Crippen LogP contribution in [0, 0.1) is 0 Å². The number of amides is 2. The summed E-state index contributed by atoms with van der Waals surface area (Å²) in [6.45, 7) is 2.49. The molecular weight excluding hydrogens is 354 g/mol. The first-order valence-corrected chi connectivity index (χ1v) is 9.93. The molecule has 0 unspecified atom stereocenters. The molecule has 3 heterocycles. The van der Waals surface area contributed by atoms with Gasteiger partial charge in [0.15, 0.2) is 0 Å². The Hall–Kier alpha value is -2.67. The fraction of sp³-hybridized carbons (Fsp3) is 0.476. The fourth-order valence-electron chi connectivity index (χ4n) is 4.39. The molecule has 2 bridgehead atoms. The van der Waals surface area contributed by atoms with E-state index in [0.29, 0.717) is 18.6 Å². The molecule has 2 aromatic rings. The first-order valence-electron chi connectivity index (χ1n) is 9.93. The third kappa shape index (κ3) is 3.80. The van der Waals surface area contributed by atoms with E-state index in [1.165, 1.54) is 0 Å². The lowest BCUT2D eigenvalue weighted by atomic mass is 10.1. The van der Waals surface area contributed by atoms with Crippen LogP contribution in [0.4, 0.5) is 0 Å². The van der Waals surface area contributed by atoms with Crippen molar-refractivity contribution < 1.29 is 9.59 Å². The number of likely N-dealkylation sites (N-methyl/N-ethyl adjacent to an activating group) is 1. The van der Waals surface area contributed by atoms with Gasteiger partial charge in [-0.25, -0.2) is 0 Å². The van der Waals surface area contributed by atoms with E-state index in [9.17, 15) is 9.59 Å². The largest absolute Gasteiger partial charge is 0.370 e. The van der Waals surface area contributed by atoms with Crippen molar-refractivity contribution in [3.63, 3.8) is 0 Å². The SMILES string of the molecule is CN1CC[C@H]2CC[C@@H](C1)N2C(=O)c1ccc(-c2cnn(CCC(N)=O)c2)cc1. The summed E-state index contributed by atoms with van der Waals surface area (Å²) in [6.07, 6.45) is 7.20. The molecule has 2 amide bonds. The van der Waals surface area contributed by atoms with Crippen molar-refractivity contribution in [3.05, 3.63) is 42.2 Å². The second-order valence-electron chi connectivity index (χ2n) is 7.93. The van der Waals surface area contributed by atoms with E-state index in [-0.39, 0.29) is 18.2 Å². The van der Waals surface area contributed by atoms with Crippen LogP contribution in [-0.2, 0) is 11.3 Å². The van der Waals surface area contributed by atoms with Crippen molar-refractivity contribution in [3.8, 4) is 11.1 Å². The number of fused-ring (bicyclic) bond motifs is 2. The van der Waals surface area contributed by atoms with Gasteiger partial charge in [0.05, 0.1) is 6.20 Å². The number of nitrogens with zero attached hydrogens (tertiary/aromatic N) is 4. The van der Waals surface area contributed by atoms with Crippen LogP contribution in [0.1, 0.15) is 36.0 Å². The third-order valence-corrected chi connectivity index (χ3v) is 5.91. The van der Waals surface area contributed by atoms with Crippen LogP contribution in [0.25, 0.3) is 11.1 Å². The number of carbonyl (C=O) groups excluding carboxylic acids is 2. The lowest BCUT2D eigenvalue weighted by molar-refractivity contribution is -0.118. The van der Waals surface area contributed by atoms with Crippen molar-refractivity contribution in [2.24, 2.45) is 5.73 Å². The van der Waals surface area contributed by atoms with E-state index in [0.717, 1.165) is 49.0 Å². The van der Waals surface area contributed by atoms with Crippen LogP contribution in [-0.4, -0.2) is 63.6 Å². The summed E-state index contributed by atoms with van der Waals surface area (Å²) in [6, 6.07) is 8.45. The number of aryl methyl sites for hydroxylation is 1. The minimum absolute atomic E-state index is 0.145. The number of primary amides is 1. The minimum Gasteiger partial charge on any atom is -0.370 e. The summed E-state index contributed by atoms with van der Waals surface area (Å²) in [4.78, 5) is 28.5. The molecule has 7 nitrogen and oxygen atoms in total. The molecule has 0 saturated carbocycles. The predicted octanol–water partition coefficient (Wildman–Crippen LogP) is 1.73. The third-order valence-electron chi connectivity index (χ3n) is 5.91. The van der Waals surface area contributed by atoms with Crippen molar-refractivity contribution in [1.29, 1.82) is 0 Å². The van der Waals surface area contributed by atoms with Gasteiger partial charge in [-0.1, -0.05) is 12.1 Å². The maximum absolute atomic E-state index is 13.2. The second-order valence-corrected chi connectivity index (χ2v) is 7.93. The molecule has 4 rings (SSSR count). The monoisotopic (exact) mass is 381 g/mol. The lowest BCUT2D eigenvalue weighted by Gasteiger charge is -2.28. The van der Waals surface area contributed by atoms with Gasteiger partial charge in [0.1, 0.15) is 0 Å². The summed E-state index contributed by atoms with van der Waals surface area (Å²) in [5, 5.41) is 4.27. The zero-order valence-electron chi connectivity index (χ0n) is 16.3. The molecule has 28 heavy (non-hydrogen) atoms. The Morgan fingerprint density at radius 2 is 1.86 bits per heavy atom. The van der Waals surface area contributed by atoms with E-state index in [2.05, 4.69) is 21.9 Å². The number of likely N-dealkylation sites (tertiary alicyclic amines) is 1. The van der Waals surface area contributed by atoms with Gasteiger partial charge in [-0.05, 0) is 50.6 Å². The maximum atomic E-state index is 13.2. The molecule has 2 aliphatic heterocycles. The van der Waals surface area contributed by atoms with Crippen LogP contribution in [0.15, 0.2) is 36.7 Å². The summed E-state index contributed by atoms with van der Waals surface area (Å²) in [5.74, 6) is -0.194. The zero-order valence-corrected chi connectivity index (χ0v) is 16.3. The first-order chi connectivity index (χ1) is 13.5. The molecule has 0 spiro atoms. The number of hydrogen-bond donors (Lipinski definition) is 1. The molecule has 2 aliphatic rings. The fourth-order valence-corrected chi connectivity index (χ4v) is 4.39. The van der Waals surface area contributed by atoms with E-state index < -0.39 is 0 Å². The van der Waals surface area contributed by atoms with E-state index in [1.807, 2.05) is 30.5 Å². The Kier molecular flexibility index (Phi) is 5.17. The molecule has 1 aromatic carbocycles. The number of aromatic nitrogens is 2. The summed E-state index contributed by atoms with van der Waals surface area (Å²) >= 11 is 0. The van der Waals surface area contributed by atoms with Crippen molar-refractivity contribution >= 4 is 11.8 Å². The Morgan fingerprint density at radius 1 is 1.11 bits per heavy atom. The van der Waals surface area contributed by atoms with Gasteiger partial charge in [0.25, 0.3) is 5.91 Å². The summed E-state index contributed by atoms with van der Waals surface area (Å²) < 4.78 is 1.71. The summed E-state index contributed by atoms with van der Waals surface area (Å²) in [5.41, 5.74) is 7.89. The standard InChI is InChI=1S/C21H27N5O2/c1-24-10-8-18-6-7-19(14-24)26(18)21(28)16-4-2-15(3-5-16)17-12-23-25(13-17)11-9-20(22)27/h2-5,12-13,18-19H,6-11,14H2,1H3,(H2,22,27)/t18-,19+/m1/s1. The molecule has 2 fully saturated rings. The predicted molar refractivity (Wildman–Crippen MR) is 107 cm³/mol. The number of carbonyl (C=O) groups is 2. The van der Waals surface area contributed by atoms with Gasteiger partial charge in [0.2, 0.25) is 5.91 Å². The highest BCUT2D eigenvalue weighted by Crippen LogP contribution is 2.31. The molecule has 148 valence electrons. The molecule has 2 N–H and O–H groups in total. The van der Waals surface area contributed by atoms with Gasteiger partial charge < -0.3 is 15.5 Å².